The zero-order valence-corrected chi connectivity index (χ0v) is 11.8. The van der Waals surface area contributed by atoms with E-state index in [1.54, 1.807) is 0 Å². The van der Waals surface area contributed by atoms with Crippen molar-refractivity contribution < 1.29 is 4.79 Å². The van der Waals surface area contributed by atoms with Crippen LogP contribution in [0.2, 0.25) is 0 Å². The number of rotatable bonds is 3. The highest BCUT2D eigenvalue weighted by Crippen LogP contribution is 2.36. The Morgan fingerprint density at radius 2 is 2.00 bits per heavy atom. The van der Waals surface area contributed by atoms with Gasteiger partial charge in [0.15, 0.2) is 0 Å². The van der Waals surface area contributed by atoms with Crippen molar-refractivity contribution in [2.45, 2.75) is 34.1 Å². The lowest BCUT2D eigenvalue weighted by Crippen LogP contribution is -2.27. The van der Waals surface area contributed by atoms with Crippen LogP contribution in [0.1, 0.15) is 32.8 Å². The maximum Gasteiger partial charge on any atom is 0.230 e. The molecule has 2 heteroatoms. The topological polar surface area (TPSA) is 20.3 Å². The molecule has 1 aromatic rings. The molecule has 1 aliphatic heterocycles. The maximum atomic E-state index is 12.5. The van der Waals surface area contributed by atoms with Crippen LogP contribution < -0.4 is 4.90 Å². The van der Waals surface area contributed by atoms with Gasteiger partial charge in [0.25, 0.3) is 0 Å². The standard InChI is InChI=1S/C16H23NO/c1-5-13-14(11(2)3)10-17(16(13)18)15-9-7-6-8-12(15)4/h6-9,11,13-14H,5,10H2,1-4H3. The Morgan fingerprint density at radius 3 is 2.50 bits per heavy atom. The number of carbonyl (C=O) groups excluding carboxylic acids is 1. The minimum absolute atomic E-state index is 0.199. The molecule has 0 bridgehead atoms. The molecule has 18 heavy (non-hydrogen) atoms. The number of nitrogens with zero attached hydrogens (tertiary/aromatic N) is 1. The van der Waals surface area contributed by atoms with Crippen LogP contribution in [0.3, 0.4) is 0 Å². The van der Waals surface area contributed by atoms with E-state index in [1.807, 2.05) is 17.0 Å². The van der Waals surface area contributed by atoms with Gasteiger partial charge in [-0.3, -0.25) is 4.79 Å². The van der Waals surface area contributed by atoms with Crippen molar-refractivity contribution in [3.63, 3.8) is 0 Å². The third kappa shape index (κ3) is 2.16. The molecular weight excluding hydrogens is 222 g/mol. The Morgan fingerprint density at radius 1 is 1.33 bits per heavy atom. The summed E-state index contributed by atoms with van der Waals surface area (Å²) in [7, 11) is 0. The van der Waals surface area contributed by atoms with Crippen LogP contribution in [-0.4, -0.2) is 12.5 Å². The summed E-state index contributed by atoms with van der Waals surface area (Å²) in [6, 6.07) is 8.17. The summed E-state index contributed by atoms with van der Waals surface area (Å²) in [5, 5.41) is 0. The molecule has 98 valence electrons. The number of aryl methyl sites for hydroxylation is 1. The Kier molecular flexibility index (Phi) is 3.74. The number of para-hydroxylation sites is 1. The van der Waals surface area contributed by atoms with Gasteiger partial charge < -0.3 is 4.90 Å². The lowest BCUT2D eigenvalue weighted by Gasteiger charge is -2.20. The molecule has 1 fully saturated rings. The summed E-state index contributed by atoms with van der Waals surface area (Å²) in [5.41, 5.74) is 2.27. The van der Waals surface area contributed by atoms with E-state index in [9.17, 15) is 4.79 Å². The molecule has 2 rings (SSSR count). The lowest BCUT2D eigenvalue weighted by atomic mass is 9.84. The number of carbonyl (C=O) groups is 1. The third-order valence-corrected chi connectivity index (χ3v) is 4.20. The molecule has 2 nitrogen and oxygen atoms in total. The lowest BCUT2D eigenvalue weighted by molar-refractivity contribution is -0.121. The van der Waals surface area contributed by atoms with Crippen molar-refractivity contribution in [2.24, 2.45) is 17.8 Å². The number of hydrogen-bond acceptors (Lipinski definition) is 1. The van der Waals surface area contributed by atoms with E-state index < -0.39 is 0 Å². The van der Waals surface area contributed by atoms with Crippen LogP contribution in [-0.2, 0) is 4.79 Å². The smallest absolute Gasteiger partial charge is 0.230 e. The predicted molar refractivity (Wildman–Crippen MR) is 75.6 cm³/mol. The largest absolute Gasteiger partial charge is 0.312 e. The van der Waals surface area contributed by atoms with Crippen LogP contribution in [0.4, 0.5) is 5.69 Å². The van der Waals surface area contributed by atoms with E-state index in [-0.39, 0.29) is 5.92 Å². The van der Waals surface area contributed by atoms with Crippen molar-refractivity contribution >= 4 is 11.6 Å². The average Bonchev–Trinajstić information content (AvgIpc) is 2.67. The first-order valence-corrected chi connectivity index (χ1v) is 6.93. The first-order valence-electron chi connectivity index (χ1n) is 6.93. The highest BCUT2D eigenvalue weighted by atomic mass is 16.2. The predicted octanol–water partition coefficient (Wildman–Crippen LogP) is 3.64. The highest BCUT2D eigenvalue weighted by molar-refractivity contribution is 5.98. The third-order valence-electron chi connectivity index (χ3n) is 4.20. The van der Waals surface area contributed by atoms with Crippen LogP contribution >= 0.6 is 0 Å². The fourth-order valence-corrected chi connectivity index (χ4v) is 3.05. The molecule has 0 radical (unpaired) electrons. The summed E-state index contributed by atoms with van der Waals surface area (Å²) in [5.74, 6) is 1.56. The van der Waals surface area contributed by atoms with Crippen molar-refractivity contribution in [1.29, 1.82) is 0 Å². The molecular formula is C16H23NO. The van der Waals surface area contributed by atoms with E-state index in [2.05, 4.69) is 39.8 Å². The van der Waals surface area contributed by atoms with Gasteiger partial charge in [0.05, 0.1) is 0 Å². The van der Waals surface area contributed by atoms with Gasteiger partial charge in [-0.25, -0.2) is 0 Å². The summed E-state index contributed by atoms with van der Waals surface area (Å²) in [6.45, 7) is 9.52. The van der Waals surface area contributed by atoms with E-state index in [1.165, 1.54) is 5.56 Å². The second-order valence-electron chi connectivity index (χ2n) is 5.66. The molecule has 1 saturated heterocycles. The van der Waals surface area contributed by atoms with Gasteiger partial charge in [-0.1, -0.05) is 39.0 Å². The molecule has 0 saturated carbocycles. The molecule has 1 heterocycles. The average molecular weight is 245 g/mol. The molecule has 2 atom stereocenters. The summed E-state index contributed by atoms with van der Waals surface area (Å²) >= 11 is 0. The number of amides is 1. The van der Waals surface area contributed by atoms with Crippen LogP contribution in [0, 0.1) is 24.7 Å². The van der Waals surface area contributed by atoms with Gasteiger partial charge in [-0.15, -0.1) is 0 Å². The normalized spacial score (nSPS) is 24.1. The quantitative estimate of drug-likeness (QED) is 0.796. The van der Waals surface area contributed by atoms with Gasteiger partial charge in [0.2, 0.25) is 5.91 Å². The molecule has 0 aliphatic carbocycles. The Balaban J connectivity index is 2.32. The first kappa shape index (κ1) is 13.1. The van der Waals surface area contributed by atoms with Crippen LogP contribution in [0.25, 0.3) is 0 Å². The molecule has 1 aromatic carbocycles. The summed E-state index contributed by atoms with van der Waals surface area (Å²) in [6.07, 6.45) is 0.948. The van der Waals surface area contributed by atoms with E-state index in [0.717, 1.165) is 18.7 Å². The molecule has 2 unspecified atom stereocenters. The number of hydrogen-bond donors (Lipinski definition) is 0. The zero-order chi connectivity index (χ0) is 13.3. The first-order chi connectivity index (χ1) is 8.56. The molecule has 1 aliphatic rings. The number of benzene rings is 1. The van der Waals surface area contributed by atoms with Crippen LogP contribution in [0.5, 0.6) is 0 Å². The molecule has 1 amide bonds. The Bertz CT molecular complexity index is 438. The Labute approximate surface area is 110 Å². The fraction of sp³-hybridized carbons (Fsp3) is 0.562. The highest BCUT2D eigenvalue weighted by Gasteiger charge is 2.41. The maximum absolute atomic E-state index is 12.5. The van der Waals surface area contributed by atoms with Crippen molar-refractivity contribution in [3.8, 4) is 0 Å². The fourth-order valence-electron chi connectivity index (χ4n) is 3.05. The number of anilines is 1. The van der Waals surface area contributed by atoms with Crippen molar-refractivity contribution in [2.75, 3.05) is 11.4 Å². The van der Waals surface area contributed by atoms with E-state index in [4.69, 9.17) is 0 Å². The van der Waals surface area contributed by atoms with Gasteiger partial charge in [0.1, 0.15) is 0 Å². The monoisotopic (exact) mass is 245 g/mol. The summed E-state index contributed by atoms with van der Waals surface area (Å²) in [4.78, 5) is 14.5. The molecule has 0 spiro atoms. The van der Waals surface area contributed by atoms with E-state index >= 15 is 0 Å². The van der Waals surface area contributed by atoms with E-state index in [0.29, 0.717) is 17.7 Å². The van der Waals surface area contributed by atoms with Crippen molar-refractivity contribution in [1.82, 2.24) is 0 Å². The molecule has 0 aromatic heterocycles. The van der Waals surface area contributed by atoms with Gasteiger partial charge in [0, 0.05) is 18.2 Å². The minimum atomic E-state index is 0.199. The molecule has 0 N–H and O–H groups in total. The van der Waals surface area contributed by atoms with Gasteiger partial charge in [-0.05, 0) is 36.8 Å². The second kappa shape index (κ2) is 5.13. The SMILES string of the molecule is CCC1C(=O)N(c2ccccc2C)CC1C(C)C. The van der Waals surface area contributed by atoms with Crippen molar-refractivity contribution in [3.05, 3.63) is 29.8 Å². The second-order valence-corrected chi connectivity index (χ2v) is 5.66. The Hall–Kier alpha value is -1.31. The van der Waals surface area contributed by atoms with Crippen LogP contribution in [0.15, 0.2) is 24.3 Å². The summed E-state index contributed by atoms with van der Waals surface area (Å²) < 4.78 is 0. The van der Waals surface area contributed by atoms with Gasteiger partial charge in [-0.2, -0.15) is 0 Å². The minimum Gasteiger partial charge on any atom is -0.312 e. The zero-order valence-electron chi connectivity index (χ0n) is 11.8. The van der Waals surface area contributed by atoms with Gasteiger partial charge >= 0.3 is 0 Å².